The van der Waals surface area contributed by atoms with Crippen molar-refractivity contribution in [3.63, 3.8) is 0 Å². The first-order valence-corrected chi connectivity index (χ1v) is 9.53. The molecular formula is C16H23FN2O4S. The van der Waals surface area contributed by atoms with E-state index < -0.39 is 21.7 Å². The molecule has 1 N–H and O–H groups in total. The first-order valence-electron chi connectivity index (χ1n) is 8.09. The summed E-state index contributed by atoms with van der Waals surface area (Å²) in [5, 5.41) is 2.61. The van der Waals surface area contributed by atoms with Crippen molar-refractivity contribution in [1.82, 2.24) is 9.62 Å². The van der Waals surface area contributed by atoms with Crippen molar-refractivity contribution < 1.29 is 22.3 Å². The number of sulfonamides is 1. The molecule has 0 bridgehead atoms. The zero-order valence-electron chi connectivity index (χ0n) is 13.9. The van der Waals surface area contributed by atoms with Crippen LogP contribution in [0.5, 0.6) is 0 Å². The van der Waals surface area contributed by atoms with E-state index in [1.54, 1.807) is 13.8 Å². The van der Waals surface area contributed by atoms with Crippen LogP contribution in [-0.4, -0.2) is 51.0 Å². The largest absolute Gasteiger partial charge is 0.376 e. The Bertz CT molecular complexity index is 683. The van der Waals surface area contributed by atoms with Gasteiger partial charge < -0.3 is 10.1 Å². The van der Waals surface area contributed by atoms with Gasteiger partial charge in [-0.3, -0.25) is 4.79 Å². The third-order valence-electron chi connectivity index (χ3n) is 4.04. The smallest absolute Gasteiger partial charge is 0.254 e. The Morgan fingerprint density at radius 2 is 2.08 bits per heavy atom. The number of amides is 1. The summed E-state index contributed by atoms with van der Waals surface area (Å²) in [6, 6.07) is 3.28. The number of nitrogens with zero attached hydrogens (tertiary/aromatic N) is 1. The van der Waals surface area contributed by atoms with Gasteiger partial charge in [0.15, 0.2) is 0 Å². The second-order valence-electron chi connectivity index (χ2n) is 5.58. The lowest BCUT2D eigenvalue weighted by molar-refractivity contribution is 0.0854. The highest BCUT2D eigenvalue weighted by atomic mass is 32.2. The summed E-state index contributed by atoms with van der Waals surface area (Å²) >= 11 is 0. The number of hydrogen-bond acceptors (Lipinski definition) is 4. The van der Waals surface area contributed by atoms with Gasteiger partial charge in [-0.1, -0.05) is 13.8 Å². The van der Waals surface area contributed by atoms with E-state index in [1.165, 1.54) is 10.4 Å². The summed E-state index contributed by atoms with van der Waals surface area (Å²) in [6.45, 7) is 4.99. The van der Waals surface area contributed by atoms with E-state index in [2.05, 4.69) is 5.32 Å². The van der Waals surface area contributed by atoms with Gasteiger partial charge in [0.25, 0.3) is 5.91 Å². The van der Waals surface area contributed by atoms with E-state index in [9.17, 15) is 17.6 Å². The molecule has 24 heavy (non-hydrogen) atoms. The molecule has 1 saturated heterocycles. The molecule has 134 valence electrons. The zero-order valence-corrected chi connectivity index (χ0v) is 14.7. The predicted molar refractivity (Wildman–Crippen MR) is 87.8 cm³/mol. The van der Waals surface area contributed by atoms with Crippen molar-refractivity contribution in [1.29, 1.82) is 0 Å². The molecule has 1 aromatic rings. The van der Waals surface area contributed by atoms with E-state index in [0.717, 1.165) is 25.0 Å². The fourth-order valence-corrected chi connectivity index (χ4v) is 4.14. The lowest BCUT2D eigenvalue weighted by Crippen LogP contribution is -2.33. The highest BCUT2D eigenvalue weighted by molar-refractivity contribution is 7.89. The fourth-order valence-electron chi connectivity index (χ4n) is 2.66. The molecule has 1 aliphatic rings. The maximum absolute atomic E-state index is 14.0. The molecule has 0 aromatic heterocycles. The summed E-state index contributed by atoms with van der Waals surface area (Å²) < 4.78 is 45.6. The van der Waals surface area contributed by atoms with E-state index in [-0.39, 0.29) is 23.1 Å². The Hall–Kier alpha value is -1.51. The molecule has 0 saturated carbocycles. The van der Waals surface area contributed by atoms with E-state index in [0.29, 0.717) is 19.7 Å². The van der Waals surface area contributed by atoms with Gasteiger partial charge in [0.05, 0.1) is 16.6 Å². The topological polar surface area (TPSA) is 75.7 Å². The molecule has 6 nitrogen and oxygen atoms in total. The number of ether oxygens (including phenoxy) is 1. The quantitative estimate of drug-likeness (QED) is 0.806. The van der Waals surface area contributed by atoms with Crippen molar-refractivity contribution in [2.45, 2.75) is 37.7 Å². The summed E-state index contributed by atoms with van der Waals surface area (Å²) in [5.74, 6) is -1.39. The normalized spacial score (nSPS) is 18.1. The minimum atomic E-state index is -3.74. The van der Waals surface area contributed by atoms with Crippen LogP contribution in [0.25, 0.3) is 0 Å². The van der Waals surface area contributed by atoms with Gasteiger partial charge in [0, 0.05) is 26.2 Å². The molecular weight excluding hydrogens is 335 g/mol. The van der Waals surface area contributed by atoms with Crippen molar-refractivity contribution in [3.8, 4) is 0 Å². The molecule has 1 fully saturated rings. The van der Waals surface area contributed by atoms with E-state index in [1.807, 2.05) is 0 Å². The number of hydrogen-bond donors (Lipinski definition) is 1. The van der Waals surface area contributed by atoms with E-state index >= 15 is 0 Å². The number of rotatable bonds is 7. The van der Waals surface area contributed by atoms with Gasteiger partial charge in [-0.25, -0.2) is 12.8 Å². The number of carbonyl (C=O) groups is 1. The Kier molecular flexibility index (Phi) is 6.31. The molecule has 1 aromatic carbocycles. The summed E-state index contributed by atoms with van der Waals surface area (Å²) in [7, 11) is -3.74. The minimum Gasteiger partial charge on any atom is -0.376 e. The van der Waals surface area contributed by atoms with Crippen LogP contribution in [0, 0.1) is 5.82 Å². The van der Waals surface area contributed by atoms with Crippen molar-refractivity contribution >= 4 is 15.9 Å². The van der Waals surface area contributed by atoms with Gasteiger partial charge in [0.2, 0.25) is 10.0 Å². The molecule has 2 rings (SSSR count). The van der Waals surface area contributed by atoms with Crippen LogP contribution in [0.2, 0.25) is 0 Å². The molecule has 0 unspecified atom stereocenters. The lowest BCUT2D eigenvalue weighted by Gasteiger charge is -2.19. The number of halogens is 1. The monoisotopic (exact) mass is 358 g/mol. The average molecular weight is 358 g/mol. The van der Waals surface area contributed by atoms with Crippen LogP contribution in [0.3, 0.4) is 0 Å². The second kappa shape index (κ2) is 8.04. The molecule has 1 aliphatic heterocycles. The SMILES string of the molecule is CCN(CC)S(=O)(=O)c1ccc(F)c(C(=O)NC[C@H]2CCCO2)c1. The van der Waals surface area contributed by atoms with Gasteiger partial charge in [-0.05, 0) is 31.0 Å². The van der Waals surface area contributed by atoms with Crippen LogP contribution in [0.1, 0.15) is 37.0 Å². The number of benzene rings is 1. The van der Waals surface area contributed by atoms with Crippen LogP contribution >= 0.6 is 0 Å². The van der Waals surface area contributed by atoms with Gasteiger partial charge in [-0.15, -0.1) is 0 Å². The lowest BCUT2D eigenvalue weighted by atomic mass is 10.2. The molecule has 0 aliphatic carbocycles. The number of carbonyl (C=O) groups excluding carboxylic acids is 1. The number of nitrogens with one attached hydrogen (secondary N) is 1. The van der Waals surface area contributed by atoms with Gasteiger partial charge in [-0.2, -0.15) is 4.31 Å². The predicted octanol–water partition coefficient (Wildman–Crippen LogP) is 1.76. The molecule has 8 heteroatoms. The summed E-state index contributed by atoms with van der Waals surface area (Å²) in [6.07, 6.45) is 1.71. The Labute approximate surface area is 142 Å². The van der Waals surface area contributed by atoms with Gasteiger partial charge >= 0.3 is 0 Å². The minimum absolute atomic E-state index is 0.0698. The maximum atomic E-state index is 14.0. The molecule has 1 amide bonds. The summed E-state index contributed by atoms with van der Waals surface area (Å²) in [5.41, 5.74) is -0.277. The standard InChI is InChI=1S/C16H23FN2O4S/c1-3-19(4-2)24(21,22)13-7-8-15(17)14(10-13)16(20)18-11-12-6-5-9-23-12/h7-8,10,12H,3-6,9,11H2,1-2H3,(H,18,20)/t12-/m1/s1. The second-order valence-corrected chi connectivity index (χ2v) is 7.51. The highest BCUT2D eigenvalue weighted by Gasteiger charge is 2.24. The Morgan fingerprint density at radius 3 is 2.67 bits per heavy atom. The van der Waals surface area contributed by atoms with Crippen molar-refractivity contribution in [3.05, 3.63) is 29.6 Å². The molecule has 0 spiro atoms. The third-order valence-corrected chi connectivity index (χ3v) is 6.09. The fraction of sp³-hybridized carbons (Fsp3) is 0.562. The Balaban J connectivity index is 2.19. The van der Waals surface area contributed by atoms with Crippen molar-refractivity contribution in [2.24, 2.45) is 0 Å². The van der Waals surface area contributed by atoms with Crippen LogP contribution in [-0.2, 0) is 14.8 Å². The highest BCUT2D eigenvalue weighted by Crippen LogP contribution is 2.19. The van der Waals surface area contributed by atoms with E-state index in [4.69, 9.17) is 4.74 Å². The van der Waals surface area contributed by atoms with Gasteiger partial charge in [0.1, 0.15) is 5.82 Å². The van der Waals surface area contributed by atoms with Crippen LogP contribution < -0.4 is 5.32 Å². The summed E-state index contributed by atoms with van der Waals surface area (Å²) in [4.78, 5) is 12.1. The molecule has 1 heterocycles. The first-order chi connectivity index (χ1) is 11.4. The van der Waals surface area contributed by atoms with Crippen LogP contribution in [0.4, 0.5) is 4.39 Å². The molecule has 1 atom stereocenters. The third kappa shape index (κ3) is 4.12. The Morgan fingerprint density at radius 1 is 1.38 bits per heavy atom. The first kappa shape index (κ1) is 18.8. The average Bonchev–Trinajstić information content (AvgIpc) is 3.07. The van der Waals surface area contributed by atoms with Crippen molar-refractivity contribution in [2.75, 3.05) is 26.2 Å². The molecule has 0 radical (unpaired) electrons. The van der Waals surface area contributed by atoms with Crippen LogP contribution in [0.15, 0.2) is 23.1 Å². The maximum Gasteiger partial charge on any atom is 0.254 e. The zero-order chi connectivity index (χ0) is 17.7.